The summed E-state index contributed by atoms with van der Waals surface area (Å²) in [5.41, 5.74) is 0.351. The van der Waals surface area contributed by atoms with Gasteiger partial charge in [0, 0.05) is 17.8 Å². The van der Waals surface area contributed by atoms with E-state index < -0.39 is 5.97 Å². The second-order valence-electron chi connectivity index (χ2n) is 2.21. The molecule has 4 nitrogen and oxygen atoms in total. The Morgan fingerprint density at radius 2 is 2.58 bits per heavy atom. The van der Waals surface area contributed by atoms with Gasteiger partial charge in [-0.15, -0.1) is 11.3 Å². The number of thiazole rings is 1. The van der Waals surface area contributed by atoms with E-state index in [2.05, 4.69) is 9.72 Å². The third-order valence-electron chi connectivity index (χ3n) is 1.49. The highest BCUT2D eigenvalue weighted by atomic mass is 32.1. The van der Waals surface area contributed by atoms with Gasteiger partial charge in [-0.3, -0.25) is 4.40 Å². The maximum absolute atomic E-state index is 11.0. The van der Waals surface area contributed by atoms with Crippen LogP contribution in [0.25, 0.3) is 4.96 Å². The van der Waals surface area contributed by atoms with Crippen molar-refractivity contribution in [2.75, 3.05) is 7.11 Å². The number of rotatable bonds is 1. The number of carbonyl (C=O) groups is 1. The van der Waals surface area contributed by atoms with Crippen LogP contribution < -0.4 is 0 Å². The zero-order valence-electron chi connectivity index (χ0n) is 6.35. The number of esters is 1. The molecule has 5 heteroatoms. The molecule has 0 N–H and O–H groups in total. The Bertz CT molecular complexity index is 389. The number of ether oxygens (including phenoxy) is 1. The number of hydrogen-bond acceptors (Lipinski definition) is 4. The molecule has 2 aromatic heterocycles. The van der Waals surface area contributed by atoms with Crippen molar-refractivity contribution in [3.05, 3.63) is 23.5 Å². The van der Waals surface area contributed by atoms with E-state index in [4.69, 9.17) is 0 Å². The number of hydrogen-bond donors (Lipinski definition) is 0. The molecule has 0 atom stereocenters. The molecular weight excluding hydrogens is 176 g/mol. The summed E-state index contributed by atoms with van der Waals surface area (Å²) in [5, 5.41) is 1.91. The quantitative estimate of drug-likeness (QED) is 0.622. The molecule has 12 heavy (non-hydrogen) atoms. The summed E-state index contributed by atoms with van der Waals surface area (Å²) < 4.78 is 6.31. The minimum atomic E-state index is -0.397. The molecule has 0 bridgehead atoms. The highest BCUT2D eigenvalue weighted by molar-refractivity contribution is 7.15. The molecule has 2 rings (SSSR count). The van der Waals surface area contributed by atoms with Crippen LogP contribution in [-0.2, 0) is 4.74 Å². The Balaban J connectivity index is 2.51. The molecule has 0 radical (unpaired) electrons. The van der Waals surface area contributed by atoms with Gasteiger partial charge in [-0.1, -0.05) is 0 Å². The van der Waals surface area contributed by atoms with Crippen LogP contribution in [-0.4, -0.2) is 22.5 Å². The molecule has 2 aromatic rings. The molecule has 0 saturated carbocycles. The number of fused-ring (bicyclic) bond motifs is 1. The fourth-order valence-corrected chi connectivity index (χ4v) is 1.63. The number of methoxy groups -OCH3 is 1. The lowest BCUT2D eigenvalue weighted by Crippen LogP contribution is -2.00. The van der Waals surface area contributed by atoms with Crippen LogP contribution in [0.1, 0.15) is 10.5 Å². The maximum Gasteiger partial charge on any atom is 0.358 e. The average Bonchev–Trinajstić information content (AvgIpc) is 2.60. The zero-order valence-corrected chi connectivity index (χ0v) is 7.17. The van der Waals surface area contributed by atoms with Crippen LogP contribution in [0.2, 0.25) is 0 Å². The lowest BCUT2D eigenvalue weighted by atomic mass is 10.5. The molecule has 0 fully saturated rings. The van der Waals surface area contributed by atoms with Crippen molar-refractivity contribution in [2.45, 2.75) is 0 Å². The van der Waals surface area contributed by atoms with Crippen LogP contribution in [0.3, 0.4) is 0 Å². The third-order valence-corrected chi connectivity index (χ3v) is 2.26. The van der Waals surface area contributed by atoms with Gasteiger partial charge in [-0.25, -0.2) is 9.78 Å². The van der Waals surface area contributed by atoms with E-state index in [1.165, 1.54) is 18.4 Å². The zero-order chi connectivity index (χ0) is 8.55. The van der Waals surface area contributed by atoms with Gasteiger partial charge in [-0.2, -0.15) is 0 Å². The maximum atomic E-state index is 11.0. The van der Waals surface area contributed by atoms with E-state index in [9.17, 15) is 4.79 Å². The molecule has 0 aliphatic rings. The highest BCUT2D eigenvalue weighted by Gasteiger charge is 2.10. The van der Waals surface area contributed by atoms with Crippen molar-refractivity contribution in [1.29, 1.82) is 0 Å². The van der Waals surface area contributed by atoms with Crippen LogP contribution in [0.5, 0.6) is 0 Å². The summed E-state index contributed by atoms with van der Waals surface area (Å²) >= 11 is 1.48. The second-order valence-corrected chi connectivity index (χ2v) is 3.08. The molecule has 0 aliphatic carbocycles. The number of carbonyl (C=O) groups excluding carboxylic acids is 1. The summed E-state index contributed by atoms with van der Waals surface area (Å²) in [6.45, 7) is 0. The van der Waals surface area contributed by atoms with Gasteiger partial charge in [0.2, 0.25) is 0 Å². The molecule has 0 spiro atoms. The average molecular weight is 182 g/mol. The lowest BCUT2D eigenvalue weighted by Gasteiger charge is -1.89. The summed E-state index contributed by atoms with van der Waals surface area (Å²) in [5.74, 6) is -0.397. The van der Waals surface area contributed by atoms with Gasteiger partial charge in [0.1, 0.15) is 0 Å². The van der Waals surface area contributed by atoms with Crippen molar-refractivity contribution in [1.82, 2.24) is 9.38 Å². The van der Waals surface area contributed by atoms with Gasteiger partial charge >= 0.3 is 5.97 Å². The number of nitrogens with zero attached hydrogens (tertiary/aromatic N) is 2. The first kappa shape index (κ1) is 7.30. The first-order valence-corrected chi connectivity index (χ1v) is 4.20. The summed E-state index contributed by atoms with van der Waals surface area (Å²) in [6.07, 6.45) is 3.50. The van der Waals surface area contributed by atoms with Crippen LogP contribution in [0.15, 0.2) is 17.8 Å². The van der Waals surface area contributed by atoms with Gasteiger partial charge in [0.15, 0.2) is 10.7 Å². The summed E-state index contributed by atoms with van der Waals surface area (Å²) in [6, 6.07) is 0. The largest absolute Gasteiger partial charge is 0.464 e. The van der Waals surface area contributed by atoms with Gasteiger partial charge in [-0.05, 0) is 0 Å². The lowest BCUT2D eigenvalue weighted by molar-refractivity contribution is 0.0595. The minimum Gasteiger partial charge on any atom is -0.464 e. The summed E-state index contributed by atoms with van der Waals surface area (Å²) in [7, 11) is 1.34. The Kier molecular flexibility index (Phi) is 1.58. The topological polar surface area (TPSA) is 43.6 Å². The minimum absolute atomic E-state index is 0.351. The fourth-order valence-electron chi connectivity index (χ4n) is 0.930. The number of imidazole rings is 1. The van der Waals surface area contributed by atoms with Crippen molar-refractivity contribution in [3.63, 3.8) is 0 Å². The van der Waals surface area contributed by atoms with E-state index in [1.807, 2.05) is 11.6 Å². The van der Waals surface area contributed by atoms with E-state index >= 15 is 0 Å². The van der Waals surface area contributed by atoms with Crippen LogP contribution in [0.4, 0.5) is 0 Å². The van der Waals surface area contributed by atoms with E-state index in [0.717, 1.165) is 4.96 Å². The fraction of sp³-hybridized carbons (Fsp3) is 0.143. The van der Waals surface area contributed by atoms with Crippen molar-refractivity contribution in [2.24, 2.45) is 0 Å². The summed E-state index contributed by atoms with van der Waals surface area (Å²) in [4.78, 5) is 15.8. The molecule has 0 amide bonds. The van der Waals surface area contributed by atoms with E-state index in [1.54, 1.807) is 10.6 Å². The highest BCUT2D eigenvalue weighted by Crippen LogP contribution is 2.11. The Labute approximate surface area is 72.4 Å². The normalized spacial score (nSPS) is 10.4. The second kappa shape index (κ2) is 2.60. The predicted octanol–water partition coefficient (Wildman–Crippen LogP) is 1.18. The SMILES string of the molecule is COC(=O)c1cn2ccsc2n1. The Morgan fingerprint density at radius 1 is 1.75 bits per heavy atom. The molecule has 62 valence electrons. The van der Waals surface area contributed by atoms with Crippen LogP contribution in [0, 0.1) is 0 Å². The predicted molar refractivity (Wildman–Crippen MR) is 44.4 cm³/mol. The first-order valence-electron chi connectivity index (χ1n) is 3.32. The molecule has 0 saturated heterocycles. The van der Waals surface area contributed by atoms with Gasteiger partial charge in [0.25, 0.3) is 0 Å². The van der Waals surface area contributed by atoms with Crippen LogP contribution >= 0.6 is 11.3 Å². The Hall–Kier alpha value is -1.36. The molecule has 0 aliphatic heterocycles. The van der Waals surface area contributed by atoms with Gasteiger partial charge in [0.05, 0.1) is 7.11 Å². The molecule has 0 aromatic carbocycles. The van der Waals surface area contributed by atoms with Gasteiger partial charge < -0.3 is 4.74 Å². The third kappa shape index (κ3) is 0.984. The monoisotopic (exact) mass is 182 g/mol. The molecule has 0 unspecified atom stereocenters. The molecular formula is C7H6N2O2S. The Morgan fingerprint density at radius 3 is 3.25 bits per heavy atom. The smallest absolute Gasteiger partial charge is 0.358 e. The molecule has 2 heterocycles. The number of aromatic nitrogens is 2. The van der Waals surface area contributed by atoms with E-state index in [-0.39, 0.29) is 0 Å². The van der Waals surface area contributed by atoms with Crippen molar-refractivity contribution in [3.8, 4) is 0 Å². The standard InChI is InChI=1S/C7H6N2O2S/c1-11-6(10)5-4-9-2-3-12-7(9)8-5/h2-4H,1H3. The van der Waals surface area contributed by atoms with Crippen molar-refractivity contribution < 1.29 is 9.53 Å². The van der Waals surface area contributed by atoms with E-state index in [0.29, 0.717) is 5.69 Å². The first-order chi connectivity index (χ1) is 5.81. The van der Waals surface area contributed by atoms with Crippen molar-refractivity contribution >= 4 is 22.3 Å².